The highest BCUT2D eigenvalue weighted by Crippen LogP contribution is 2.39. The minimum Gasteiger partial charge on any atom is -0.497 e. The predicted molar refractivity (Wildman–Crippen MR) is 127 cm³/mol. The van der Waals surface area contributed by atoms with Gasteiger partial charge in [0.1, 0.15) is 22.7 Å². The zero-order valence-electron chi connectivity index (χ0n) is 19.3. The second kappa shape index (κ2) is 8.14. The zero-order chi connectivity index (χ0) is 23.2. The summed E-state index contributed by atoms with van der Waals surface area (Å²) in [6.45, 7) is 2.19. The van der Waals surface area contributed by atoms with E-state index in [9.17, 15) is 9.59 Å². The molecular formula is C26H29N3O4. The fourth-order valence-corrected chi connectivity index (χ4v) is 5.18. The van der Waals surface area contributed by atoms with Crippen LogP contribution in [0.1, 0.15) is 43.1 Å². The molecule has 33 heavy (non-hydrogen) atoms. The Bertz CT molecular complexity index is 1210. The average Bonchev–Trinajstić information content (AvgIpc) is 3.46. The third-order valence-corrected chi connectivity index (χ3v) is 6.97. The van der Waals surface area contributed by atoms with Gasteiger partial charge in [-0.15, -0.1) is 0 Å². The molecule has 2 aromatic carbocycles. The van der Waals surface area contributed by atoms with E-state index in [1.54, 1.807) is 37.3 Å². The summed E-state index contributed by atoms with van der Waals surface area (Å²) in [6.07, 6.45) is 4.18. The quantitative estimate of drug-likeness (QED) is 0.638. The number of amides is 2. The summed E-state index contributed by atoms with van der Waals surface area (Å²) in [6, 6.07) is 15.2. The zero-order valence-corrected chi connectivity index (χ0v) is 19.3. The summed E-state index contributed by atoms with van der Waals surface area (Å²) in [4.78, 5) is 29.4. The Morgan fingerprint density at radius 2 is 1.70 bits per heavy atom. The number of para-hydroxylation sites is 1. The third-order valence-electron chi connectivity index (χ3n) is 6.97. The average molecular weight is 448 g/mol. The van der Waals surface area contributed by atoms with Crippen LogP contribution in [0.25, 0.3) is 10.9 Å². The molecule has 1 saturated carbocycles. The number of nitrogens with one attached hydrogen (secondary N) is 1. The van der Waals surface area contributed by atoms with Crippen molar-refractivity contribution in [3.8, 4) is 11.5 Å². The van der Waals surface area contributed by atoms with Crippen LogP contribution in [0.4, 0.5) is 5.69 Å². The number of hydrogen-bond acceptors (Lipinski definition) is 4. The molecule has 0 spiro atoms. The second-order valence-electron chi connectivity index (χ2n) is 9.11. The minimum atomic E-state index is -1.13. The Kier molecular flexibility index (Phi) is 5.27. The minimum absolute atomic E-state index is 0.145. The van der Waals surface area contributed by atoms with Gasteiger partial charge in [-0.2, -0.15) is 0 Å². The summed E-state index contributed by atoms with van der Waals surface area (Å²) >= 11 is 0. The van der Waals surface area contributed by atoms with Crippen molar-refractivity contribution in [3.05, 3.63) is 54.2 Å². The fraction of sp³-hybridized carbons (Fsp3) is 0.385. The molecule has 1 aromatic heterocycles. The first kappa shape index (κ1) is 21.4. The molecule has 2 amide bonds. The molecule has 0 saturated heterocycles. The molecule has 0 bridgehead atoms. The number of rotatable bonds is 5. The molecule has 0 radical (unpaired) electrons. The maximum absolute atomic E-state index is 14.0. The van der Waals surface area contributed by atoms with Gasteiger partial charge in [0.25, 0.3) is 5.91 Å². The van der Waals surface area contributed by atoms with Crippen LogP contribution in [0.2, 0.25) is 0 Å². The smallest absolute Gasteiger partial charge is 0.275 e. The lowest BCUT2D eigenvalue weighted by atomic mass is 9.93. The van der Waals surface area contributed by atoms with Crippen molar-refractivity contribution in [2.45, 2.75) is 50.7 Å². The van der Waals surface area contributed by atoms with E-state index in [1.165, 1.54) is 0 Å². The summed E-state index contributed by atoms with van der Waals surface area (Å²) < 4.78 is 12.9. The third kappa shape index (κ3) is 3.52. The van der Waals surface area contributed by atoms with Gasteiger partial charge in [-0.05, 0) is 31.9 Å². The molecule has 1 N–H and O–H groups in total. The second-order valence-corrected chi connectivity index (χ2v) is 9.11. The highest BCUT2D eigenvalue weighted by atomic mass is 16.5. The molecule has 1 aliphatic heterocycles. The lowest BCUT2D eigenvalue weighted by molar-refractivity contribution is -0.127. The van der Waals surface area contributed by atoms with Crippen molar-refractivity contribution in [1.29, 1.82) is 0 Å². The number of aromatic nitrogens is 1. The van der Waals surface area contributed by atoms with Crippen LogP contribution in [-0.4, -0.2) is 42.2 Å². The summed E-state index contributed by atoms with van der Waals surface area (Å²) in [7, 11) is 3.14. The van der Waals surface area contributed by atoms with E-state index in [-0.39, 0.29) is 17.9 Å². The van der Waals surface area contributed by atoms with Gasteiger partial charge in [-0.3, -0.25) is 14.5 Å². The number of hydrogen-bond donors (Lipinski definition) is 1. The molecule has 0 unspecified atom stereocenters. The first-order valence-corrected chi connectivity index (χ1v) is 11.4. The van der Waals surface area contributed by atoms with Crippen LogP contribution in [0.3, 0.4) is 0 Å². The number of benzene rings is 2. The Morgan fingerprint density at radius 3 is 2.36 bits per heavy atom. The van der Waals surface area contributed by atoms with Gasteiger partial charge in [-0.1, -0.05) is 31.0 Å². The molecular weight excluding hydrogens is 418 g/mol. The first-order valence-electron chi connectivity index (χ1n) is 11.4. The Balaban J connectivity index is 1.66. The van der Waals surface area contributed by atoms with E-state index in [2.05, 4.69) is 5.32 Å². The van der Waals surface area contributed by atoms with Crippen molar-refractivity contribution < 1.29 is 19.1 Å². The summed E-state index contributed by atoms with van der Waals surface area (Å²) in [5.41, 5.74) is 0.941. The normalized spacial score (nSPS) is 20.7. The van der Waals surface area contributed by atoms with Crippen LogP contribution >= 0.6 is 0 Å². The Hall–Kier alpha value is -3.48. The first-order chi connectivity index (χ1) is 15.9. The lowest BCUT2D eigenvalue weighted by Gasteiger charge is -2.44. The molecule has 1 aliphatic carbocycles. The van der Waals surface area contributed by atoms with Crippen molar-refractivity contribution in [2.24, 2.45) is 0 Å². The van der Waals surface area contributed by atoms with Crippen LogP contribution in [0.5, 0.6) is 11.5 Å². The van der Waals surface area contributed by atoms with E-state index < -0.39 is 5.54 Å². The van der Waals surface area contributed by atoms with E-state index in [1.807, 2.05) is 41.8 Å². The number of carbonyl (C=O) groups excluding carboxylic acids is 2. The molecule has 5 rings (SSSR count). The molecule has 172 valence electrons. The fourth-order valence-electron chi connectivity index (χ4n) is 5.18. The van der Waals surface area contributed by atoms with Gasteiger partial charge >= 0.3 is 0 Å². The maximum Gasteiger partial charge on any atom is 0.275 e. The molecule has 2 heterocycles. The van der Waals surface area contributed by atoms with Crippen LogP contribution in [0, 0.1) is 0 Å². The molecule has 1 fully saturated rings. The molecule has 7 nitrogen and oxygen atoms in total. The SMILES string of the molecule is COc1cc(OC)cc(N2C(=O)c3cc4ccccc4n3C[C@@]2(C)C(=O)NC2CCCC2)c1. The molecule has 2 aliphatic rings. The number of anilines is 1. The van der Waals surface area contributed by atoms with Crippen molar-refractivity contribution in [1.82, 2.24) is 9.88 Å². The summed E-state index contributed by atoms with van der Waals surface area (Å²) in [5, 5.41) is 4.21. The molecule has 3 aromatic rings. The Labute approximate surface area is 193 Å². The van der Waals surface area contributed by atoms with Gasteiger partial charge in [0.05, 0.1) is 26.5 Å². The van der Waals surface area contributed by atoms with Crippen molar-refractivity contribution in [3.63, 3.8) is 0 Å². The largest absolute Gasteiger partial charge is 0.497 e. The maximum atomic E-state index is 14.0. The van der Waals surface area contributed by atoms with Crippen LogP contribution < -0.4 is 19.7 Å². The van der Waals surface area contributed by atoms with Crippen molar-refractivity contribution in [2.75, 3.05) is 19.1 Å². The topological polar surface area (TPSA) is 72.8 Å². The number of fused-ring (bicyclic) bond motifs is 3. The highest BCUT2D eigenvalue weighted by Gasteiger charge is 2.49. The number of methoxy groups -OCH3 is 2. The standard InChI is InChI=1S/C26H29N3O4/c1-26(25(31)27-18-9-5-6-10-18)16-28-22-11-7-4-8-17(22)12-23(28)24(30)29(26)19-13-20(32-2)15-21(14-19)33-3/h4,7-8,11-15,18H,5-6,9-10,16H2,1-3H3,(H,27,31)/t26-/m0/s1. The number of carbonyl (C=O) groups is 2. The molecule has 7 heteroatoms. The number of nitrogens with zero attached hydrogens (tertiary/aromatic N) is 2. The van der Waals surface area contributed by atoms with Crippen LogP contribution in [-0.2, 0) is 11.3 Å². The molecule has 1 atom stereocenters. The van der Waals surface area contributed by atoms with Crippen molar-refractivity contribution >= 4 is 28.4 Å². The highest BCUT2D eigenvalue weighted by molar-refractivity contribution is 6.14. The monoisotopic (exact) mass is 447 g/mol. The van der Waals surface area contributed by atoms with Gasteiger partial charge < -0.3 is 19.4 Å². The Morgan fingerprint density at radius 1 is 1.03 bits per heavy atom. The van der Waals surface area contributed by atoms with Gasteiger partial charge in [0, 0.05) is 35.1 Å². The van der Waals surface area contributed by atoms with E-state index in [0.29, 0.717) is 29.4 Å². The number of ether oxygens (including phenoxy) is 2. The van der Waals surface area contributed by atoms with E-state index >= 15 is 0 Å². The van der Waals surface area contributed by atoms with Gasteiger partial charge in [0.15, 0.2) is 0 Å². The summed E-state index contributed by atoms with van der Waals surface area (Å²) in [5.74, 6) is 0.744. The van der Waals surface area contributed by atoms with E-state index in [4.69, 9.17) is 9.47 Å². The van der Waals surface area contributed by atoms with Crippen LogP contribution in [0.15, 0.2) is 48.5 Å². The van der Waals surface area contributed by atoms with Gasteiger partial charge in [-0.25, -0.2) is 0 Å². The van der Waals surface area contributed by atoms with E-state index in [0.717, 1.165) is 36.6 Å². The predicted octanol–water partition coefficient (Wildman–Crippen LogP) is 4.14. The lowest BCUT2D eigenvalue weighted by Crippen LogP contribution is -2.65. The van der Waals surface area contributed by atoms with Gasteiger partial charge in [0.2, 0.25) is 5.91 Å².